The lowest BCUT2D eigenvalue weighted by Gasteiger charge is -2.11. The minimum absolute atomic E-state index is 0.200. The third-order valence-corrected chi connectivity index (χ3v) is 1.93. The maximum Gasteiger partial charge on any atom is 0.342 e. The molecule has 0 amide bonds. The van der Waals surface area contributed by atoms with Gasteiger partial charge in [-0.15, -0.1) is 0 Å². The maximum absolute atomic E-state index is 11.4. The Morgan fingerprint density at radius 2 is 2.25 bits per heavy atom. The molecular weight excluding hydrogens is 160 g/mol. The summed E-state index contributed by atoms with van der Waals surface area (Å²) >= 11 is 0. The van der Waals surface area contributed by atoms with Crippen LogP contribution in [0.1, 0.15) is 13.8 Å². The number of esters is 1. The summed E-state index contributed by atoms with van der Waals surface area (Å²) in [4.78, 5) is 22.3. The lowest BCUT2D eigenvalue weighted by atomic mass is 9.89. The van der Waals surface area contributed by atoms with Gasteiger partial charge in [-0.05, 0) is 0 Å². The first kappa shape index (κ1) is 9.19. The zero-order chi connectivity index (χ0) is 9.35. The number of ether oxygens (including phenoxy) is 2. The summed E-state index contributed by atoms with van der Waals surface area (Å²) in [5.41, 5.74) is -0.557. The highest BCUT2D eigenvalue weighted by molar-refractivity contribution is 6.05. The molecule has 1 atom stereocenters. The van der Waals surface area contributed by atoms with E-state index in [2.05, 4.69) is 4.74 Å². The summed E-state index contributed by atoms with van der Waals surface area (Å²) in [7, 11) is 1.24. The normalized spacial score (nSPS) is 27.2. The molecule has 1 rings (SSSR count). The fraction of sp³-hybridized carbons (Fsp3) is 0.750. The second kappa shape index (κ2) is 2.86. The molecule has 1 unspecified atom stereocenters. The van der Waals surface area contributed by atoms with Crippen molar-refractivity contribution in [3.63, 3.8) is 0 Å². The van der Waals surface area contributed by atoms with Gasteiger partial charge >= 0.3 is 5.97 Å². The third-order valence-electron chi connectivity index (χ3n) is 1.93. The summed E-state index contributed by atoms with van der Waals surface area (Å²) in [6.45, 7) is 3.78. The Hall–Kier alpha value is -0.900. The molecule has 0 bridgehead atoms. The second-order valence-electron chi connectivity index (χ2n) is 3.46. The fourth-order valence-corrected chi connectivity index (χ4v) is 1.08. The largest absolute Gasteiger partial charge is 0.467 e. The molecule has 0 spiro atoms. The zero-order valence-corrected chi connectivity index (χ0v) is 7.42. The van der Waals surface area contributed by atoms with Crippen molar-refractivity contribution in [3.8, 4) is 0 Å². The summed E-state index contributed by atoms with van der Waals surface area (Å²) < 4.78 is 9.42. The van der Waals surface area contributed by atoms with Crippen molar-refractivity contribution >= 4 is 11.8 Å². The van der Waals surface area contributed by atoms with Crippen molar-refractivity contribution in [2.75, 3.05) is 13.7 Å². The van der Waals surface area contributed by atoms with E-state index in [4.69, 9.17) is 4.74 Å². The average molecular weight is 172 g/mol. The van der Waals surface area contributed by atoms with Gasteiger partial charge in [0.05, 0.1) is 19.1 Å². The van der Waals surface area contributed by atoms with Crippen molar-refractivity contribution in [2.45, 2.75) is 20.0 Å². The van der Waals surface area contributed by atoms with Crippen LogP contribution in [0.3, 0.4) is 0 Å². The molecule has 0 saturated carbocycles. The monoisotopic (exact) mass is 172 g/mol. The Kier molecular flexibility index (Phi) is 2.19. The van der Waals surface area contributed by atoms with E-state index in [0.717, 1.165) is 0 Å². The lowest BCUT2D eigenvalue weighted by Crippen LogP contribution is -2.33. The molecule has 1 aliphatic rings. The summed E-state index contributed by atoms with van der Waals surface area (Å²) in [5.74, 6) is -0.806. The van der Waals surface area contributed by atoms with Crippen molar-refractivity contribution in [3.05, 3.63) is 0 Å². The molecule has 1 heterocycles. The topological polar surface area (TPSA) is 52.6 Å². The highest BCUT2D eigenvalue weighted by Gasteiger charge is 2.46. The van der Waals surface area contributed by atoms with Gasteiger partial charge in [-0.2, -0.15) is 0 Å². The first-order valence-corrected chi connectivity index (χ1v) is 3.73. The number of hydrogen-bond donors (Lipinski definition) is 0. The molecule has 0 aliphatic carbocycles. The first-order valence-electron chi connectivity index (χ1n) is 3.73. The SMILES string of the molecule is COC(=O)C1OCC(C)(C)C1=O. The molecule has 0 aromatic carbocycles. The predicted octanol–water partition coefficient (Wildman–Crippen LogP) is 0.153. The van der Waals surface area contributed by atoms with Crippen LogP contribution in [0, 0.1) is 5.41 Å². The van der Waals surface area contributed by atoms with Crippen LogP contribution in [0.4, 0.5) is 0 Å². The highest BCUT2D eigenvalue weighted by Crippen LogP contribution is 2.27. The molecule has 0 N–H and O–H groups in total. The van der Waals surface area contributed by atoms with Gasteiger partial charge < -0.3 is 9.47 Å². The van der Waals surface area contributed by atoms with Crippen LogP contribution in [0.25, 0.3) is 0 Å². The lowest BCUT2D eigenvalue weighted by molar-refractivity contribution is -0.154. The van der Waals surface area contributed by atoms with Gasteiger partial charge in [0, 0.05) is 0 Å². The Balaban J connectivity index is 2.74. The van der Waals surface area contributed by atoms with Gasteiger partial charge in [0.15, 0.2) is 5.78 Å². The zero-order valence-electron chi connectivity index (χ0n) is 7.42. The van der Waals surface area contributed by atoms with E-state index in [-0.39, 0.29) is 12.4 Å². The van der Waals surface area contributed by atoms with Gasteiger partial charge in [0.2, 0.25) is 6.10 Å². The highest BCUT2D eigenvalue weighted by atomic mass is 16.6. The summed E-state index contributed by atoms with van der Waals surface area (Å²) in [6, 6.07) is 0. The molecule has 1 fully saturated rings. The van der Waals surface area contributed by atoms with E-state index in [1.54, 1.807) is 13.8 Å². The standard InChI is InChI=1S/C8H12O4/c1-8(2)4-12-5(6(8)9)7(10)11-3/h5H,4H2,1-3H3. The molecule has 1 aliphatic heterocycles. The summed E-state index contributed by atoms with van der Waals surface area (Å²) in [6.07, 6.45) is -1.01. The number of ketones is 1. The van der Waals surface area contributed by atoms with Crippen molar-refractivity contribution < 1.29 is 19.1 Å². The van der Waals surface area contributed by atoms with Gasteiger partial charge in [-0.25, -0.2) is 4.79 Å². The van der Waals surface area contributed by atoms with E-state index in [9.17, 15) is 9.59 Å². The van der Waals surface area contributed by atoms with Crippen molar-refractivity contribution in [2.24, 2.45) is 5.41 Å². The molecule has 0 aromatic heterocycles. The summed E-state index contributed by atoms with van der Waals surface area (Å²) in [5, 5.41) is 0. The number of rotatable bonds is 1. The van der Waals surface area contributed by atoms with Crippen LogP contribution < -0.4 is 0 Å². The van der Waals surface area contributed by atoms with Gasteiger partial charge in [0.1, 0.15) is 0 Å². The van der Waals surface area contributed by atoms with Crippen LogP contribution in [-0.2, 0) is 19.1 Å². The molecule has 4 nitrogen and oxygen atoms in total. The Bertz CT molecular complexity index is 219. The van der Waals surface area contributed by atoms with Crippen LogP contribution >= 0.6 is 0 Å². The predicted molar refractivity (Wildman–Crippen MR) is 40.5 cm³/mol. The quantitative estimate of drug-likeness (QED) is 0.417. The van der Waals surface area contributed by atoms with Crippen LogP contribution in [0.15, 0.2) is 0 Å². The van der Waals surface area contributed by atoms with Gasteiger partial charge in [0.25, 0.3) is 0 Å². The second-order valence-corrected chi connectivity index (χ2v) is 3.46. The first-order chi connectivity index (χ1) is 5.49. The van der Waals surface area contributed by atoms with E-state index in [1.807, 2.05) is 0 Å². The van der Waals surface area contributed by atoms with Crippen molar-refractivity contribution in [1.29, 1.82) is 0 Å². The van der Waals surface area contributed by atoms with Crippen molar-refractivity contribution in [1.82, 2.24) is 0 Å². The Morgan fingerprint density at radius 3 is 2.58 bits per heavy atom. The number of carbonyl (C=O) groups excluding carboxylic acids is 2. The maximum atomic E-state index is 11.4. The van der Waals surface area contributed by atoms with Crippen LogP contribution in [0.5, 0.6) is 0 Å². The van der Waals surface area contributed by atoms with E-state index < -0.39 is 17.5 Å². The fourth-order valence-electron chi connectivity index (χ4n) is 1.08. The molecule has 0 aromatic rings. The van der Waals surface area contributed by atoms with Gasteiger partial charge in [-0.1, -0.05) is 13.8 Å². The van der Waals surface area contributed by atoms with Crippen LogP contribution in [-0.4, -0.2) is 31.6 Å². The molecule has 12 heavy (non-hydrogen) atoms. The van der Waals surface area contributed by atoms with Crippen LogP contribution in [0.2, 0.25) is 0 Å². The Labute approximate surface area is 70.8 Å². The Morgan fingerprint density at radius 1 is 1.67 bits per heavy atom. The minimum Gasteiger partial charge on any atom is -0.467 e. The number of methoxy groups -OCH3 is 1. The number of Topliss-reactive ketones (excluding diaryl/α,β-unsaturated/α-hetero) is 1. The van der Waals surface area contributed by atoms with E-state index >= 15 is 0 Å². The van der Waals surface area contributed by atoms with Gasteiger partial charge in [-0.3, -0.25) is 4.79 Å². The average Bonchev–Trinajstić information content (AvgIpc) is 2.27. The third kappa shape index (κ3) is 1.34. The number of carbonyl (C=O) groups is 2. The minimum atomic E-state index is -1.01. The van der Waals surface area contributed by atoms with E-state index in [0.29, 0.717) is 0 Å². The number of hydrogen-bond acceptors (Lipinski definition) is 4. The molecule has 0 radical (unpaired) electrons. The molecule has 68 valence electrons. The molecule has 1 saturated heterocycles. The smallest absolute Gasteiger partial charge is 0.342 e. The molecular formula is C8H12O4. The molecule has 4 heteroatoms. The van der Waals surface area contributed by atoms with E-state index in [1.165, 1.54) is 7.11 Å².